The summed E-state index contributed by atoms with van der Waals surface area (Å²) in [5.74, 6) is 0.0776. The Morgan fingerprint density at radius 3 is 2.67 bits per heavy atom. The normalized spacial score (nSPS) is 14.0. The van der Waals surface area contributed by atoms with Gasteiger partial charge < -0.3 is 10.2 Å². The van der Waals surface area contributed by atoms with Gasteiger partial charge in [-0.1, -0.05) is 18.2 Å². The first-order valence-corrected chi connectivity index (χ1v) is 10.3. The Morgan fingerprint density at radius 2 is 2.00 bits per heavy atom. The van der Waals surface area contributed by atoms with Crippen LogP contribution in [0, 0.1) is 0 Å². The molecule has 0 atom stereocenters. The minimum absolute atomic E-state index is 0.0665. The van der Waals surface area contributed by atoms with Crippen LogP contribution in [0.4, 0.5) is 11.4 Å². The third kappa shape index (κ3) is 5.34. The van der Waals surface area contributed by atoms with E-state index < -0.39 is 0 Å². The number of carbonyl (C=O) groups is 2. The van der Waals surface area contributed by atoms with E-state index >= 15 is 0 Å². The molecule has 0 aliphatic carbocycles. The second kappa shape index (κ2) is 9.06. The van der Waals surface area contributed by atoms with Gasteiger partial charge in [-0.2, -0.15) is 0 Å². The van der Waals surface area contributed by atoms with Gasteiger partial charge in [-0.15, -0.1) is 11.8 Å². The quantitative estimate of drug-likeness (QED) is 0.742. The standard InChI is InChI=1S/C21H25N3O2S/c1-23(14-16-8-10-19(27-2)11-9-16)15-20(25)22-17-5-3-6-18(13-17)24-12-4-7-21(24)26/h3,5-6,8-11,13H,4,7,12,14-15H2,1-2H3,(H,22,25). The molecule has 2 amide bonds. The van der Waals surface area contributed by atoms with Gasteiger partial charge >= 0.3 is 0 Å². The van der Waals surface area contributed by atoms with Gasteiger partial charge in [-0.05, 0) is 55.6 Å². The summed E-state index contributed by atoms with van der Waals surface area (Å²) < 4.78 is 0. The number of carbonyl (C=O) groups excluding carboxylic acids is 2. The first-order valence-electron chi connectivity index (χ1n) is 9.07. The Kier molecular flexibility index (Phi) is 6.53. The lowest BCUT2D eigenvalue weighted by atomic mass is 10.2. The number of nitrogens with zero attached hydrogens (tertiary/aromatic N) is 2. The fraction of sp³-hybridized carbons (Fsp3) is 0.333. The van der Waals surface area contributed by atoms with Crippen molar-refractivity contribution >= 4 is 35.0 Å². The van der Waals surface area contributed by atoms with Crippen LogP contribution >= 0.6 is 11.8 Å². The highest BCUT2D eigenvalue weighted by Gasteiger charge is 2.21. The third-order valence-corrected chi connectivity index (χ3v) is 5.28. The number of hydrogen-bond acceptors (Lipinski definition) is 4. The summed E-state index contributed by atoms with van der Waals surface area (Å²) in [5, 5.41) is 2.93. The summed E-state index contributed by atoms with van der Waals surface area (Å²) in [6.07, 6.45) is 3.54. The molecule has 1 aliphatic rings. The molecule has 3 rings (SSSR count). The molecule has 142 valence electrons. The average molecular weight is 384 g/mol. The number of hydrogen-bond donors (Lipinski definition) is 1. The maximum absolute atomic E-state index is 12.4. The van der Waals surface area contributed by atoms with E-state index in [0.717, 1.165) is 24.3 Å². The lowest BCUT2D eigenvalue weighted by Gasteiger charge is -2.18. The number of likely N-dealkylation sites (N-methyl/N-ethyl adjacent to an activating group) is 1. The first-order chi connectivity index (χ1) is 13.0. The highest BCUT2D eigenvalue weighted by Crippen LogP contribution is 2.24. The predicted octanol–water partition coefficient (Wildman–Crippen LogP) is 3.61. The summed E-state index contributed by atoms with van der Waals surface area (Å²) in [7, 11) is 1.93. The Balaban J connectivity index is 1.54. The molecule has 5 nitrogen and oxygen atoms in total. The van der Waals surface area contributed by atoms with Crippen molar-refractivity contribution in [3.8, 4) is 0 Å². The summed E-state index contributed by atoms with van der Waals surface area (Å²) in [6, 6.07) is 15.9. The largest absolute Gasteiger partial charge is 0.325 e. The van der Waals surface area contributed by atoms with E-state index in [0.29, 0.717) is 19.5 Å². The fourth-order valence-corrected chi connectivity index (χ4v) is 3.63. The van der Waals surface area contributed by atoms with Crippen LogP contribution in [0.15, 0.2) is 53.4 Å². The van der Waals surface area contributed by atoms with E-state index in [1.54, 1.807) is 16.7 Å². The van der Waals surface area contributed by atoms with E-state index in [2.05, 4.69) is 35.8 Å². The van der Waals surface area contributed by atoms with Crippen LogP contribution in [0.25, 0.3) is 0 Å². The molecule has 1 saturated heterocycles. The van der Waals surface area contributed by atoms with Gasteiger partial charge in [0, 0.05) is 35.8 Å². The van der Waals surface area contributed by atoms with Crippen molar-refractivity contribution in [2.75, 3.05) is 36.6 Å². The second-order valence-corrected chi connectivity index (χ2v) is 7.65. The number of amides is 2. The van der Waals surface area contributed by atoms with Gasteiger partial charge in [0.05, 0.1) is 6.54 Å². The summed E-state index contributed by atoms with van der Waals surface area (Å²) in [4.78, 5) is 29.3. The van der Waals surface area contributed by atoms with Crippen LogP contribution in [-0.2, 0) is 16.1 Å². The first kappa shape index (κ1) is 19.5. The zero-order valence-electron chi connectivity index (χ0n) is 15.8. The number of thioether (sulfide) groups is 1. The molecule has 1 fully saturated rings. The molecule has 1 aliphatic heterocycles. The Morgan fingerprint density at radius 1 is 1.22 bits per heavy atom. The van der Waals surface area contributed by atoms with Crippen LogP contribution in [0.5, 0.6) is 0 Å². The van der Waals surface area contributed by atoms with E-state index in [4.69, 9.17) is 0 Å². The number of benzene rings is 2. The lowest BCUT2D eigenvalue weighted by molar-refractivity contribution is -0.117. The highest BCUT2D eigenvalue weighted by atomic mass is 32.2. The van der Waals surface area contributed by atoms with Gasteiger partial charge in [0.15, 0.2) is 0 Å². The van der Waals surface area contributed by atoms with Crippen LogP contribution in [0.1, 0.15) is 18.4 Å². The summed E-state index contributed by atoms with van der Waals surface area (Å²) in [6.45, 7) is 1.76. The van der Waals surface area contributed by atoms with Crippen molar-refractivity contribution in [1.82, 2.24) is 4.90 Å². The molecule has 0 spiro atoms. The molecule has 0 aromatic heterocycles. The van der Waals surface area contributed by atoms with Crippen LogP contribution in [0.3, 0.4) is 0 Å². The second-order valence-electron chi connectivity index (χ2n) is 6.77. The monoisotopic (exact) mass is 383 g/mol. The number of rotatable bonds is 7. The topological polar surface area (TPSA) is 52.7 Å². The molecule has 6 heteroatoms. The Hall–Kier alpha value is -2.31. The average Bonchev–Trinajstić information content (AvgIpc) is 3.08. The molecule has 2 aromatic rings. The zero-order chi connectivity index (χ0) is 19.2. The lowest BCUT2D eigenvalue weighted by Crippen LogP contribution is -2.30. The maximum atomic E-state index is 12.4. The predicted molar refractivity (Wildman–Crippen MR) is 111 cm³/mol. The number of nitrogens with one attached hydrogen (secondary N) is 1. The van der Waals surface area contributed by atoms with E-state index in [1.165, 1.54) is 10.5 Å². The molecule has 0 radical (unpaired) electrons. The van der Waals surface area contributed by atoms with Gasteiger partial charge in [-0.3, -0.25) is 14.5 Å². The maximum Gasteiger partial charge on any atom is 0.238 e. The van der Waals surface area contributed by atoms with Crippen molar-refractivity contribution in [2.45, 2.75) is 24.3 Å². The minimum atomic E-state index is -0.0665. The SMILES string of the molecule is CSc1ccc(CN(C)CC(=O)Nc2cccc(N3CCCC3=O)c2)cc1. The Bertz CT molecular complexity index is 807. The van der Waals surface area contributed by atoms with Crippen molar-refractivity contribution in [1.29, 1.82) is 0 Å². The van der Waals surface area contributed by atoms with Crippen LogP contribution < -0.4 is 10.2 Å². The molecular weight excluding hydrogens is 358 g/mol. The van der Waals surface area contributed by atoms with Gasteiger partial charge in [0.2, 0.25) is 11.8 Å². The number of anilines is 2. The van der Waals surface area contributed by atoms with Crippen molar-refractivity contribution in [2.24, 2.45) is 0 Å². The molecule has 1 heterocycles. The van der Waals surface area contributed by atoms with Crippen molar-refractivity contribution in [3.05, 3.63) is 54.1 Å². The highest BCUT2D eigenvalue weighted by molar-refractivity contribution is 7.98. The molecule has 0 saturated carbocycles. The molecule has 0 bridgehead atoms. The van der Waals surface area contributed by atoms with E-state index in [1.807, 2.05) is 36.2 Å². The van der Waals surface area contributed by atoms with Crippen LogP contribution in [-0.4, -0.2) is 43.1 Å². The minimum Gasteiger partial charge on any atom is -0.325 e. The molecular formula is C21H25N3O2S. The van der Waals surface area contributed by atoms with Gasteiger partial charge in [0.1, 0.15) is 0 Å². The molecule has 1 N–H and O–H groups in total. The fourth-order valence-electron chi connectivity index (χ4n) is 3.22. The van der Waals surface area contributed by atoms with Gasteiger partial charge in [0.25, 0.3) is 0 Å². The summed E-state index contributed by atoms with van der Waals surface area (Å²) >= 11 is 1.72. The zero-order valence-corrected chi connectivity index (χ0v) is 16.6. The molecule has 0 unspecified atom stereocenters. The summed E-state index contributed by atoms with van der Waals surface area (Å²) in [5.41, 5.74) is 2.74. The van der Waals surface area contributed by atoms with E-state index in [-0.39, 0.29) is 11.8 Å². The van der Waals surface area contributed by atoms with Gasteiger partial charge in [-0.25, -0.2) is 0 Å². The van der Waals surface area contributed by atoms with E-state index in [9.17, 15) is 9.59 Å². The third-order valence-electron chi connectivity index (χ3n) is 4.54. The van der Waals surface area contributed by atoms with Crippen molar-refractivity contribution in [3.63, 3.8) is 0 Å². The molecule has 2 aromatic carbocycles. The smallest absolute Gasteiger partial charge is 0.238 e. The Labute approximate surface area is 164 Å². The van der Waals surface area contributed by atoms with Crippen LogP contribution in [0.2, 0.25) is 0 Å². The molecule has 27 heavy (non-hydrogen) atoms. The van der Waals surface area contributed by atoms with Crippen molar-refractivity contribution < 1.29 is 9.59 Å².